The van der Waals surface area contributed by atoms with Crippen molar-refractivity contribution in [3.8, 4) is 0 Å². The lowest BCUT2D eigenvalue weighted by atomic mass is 10.1. The second-order valence-corrected chi connectivity index (χ2v) is 12.2. The molecule has 0 aromatic rings. The molecule has 0 aliphatic carbocycles. The first-order valence-corrected chi connectivity index (χ1v) is 15.9. The molecule has 0 saturated carbocycles. The van der Waals surface area contributed by atoms with Crippen LogP contribution in [0.5, 0.6) is 0 Å². The molecule has 0 aromatic heterocycles. The van der Waals surface area contributed by atoms with Crippen molar-refractivity contribution in [2.75, 3.05) is 26.2 Å². The molecule has 0 bridgehead atoms. The molecule has 0 aliphatic heterocycles. The number of quaternary nitrogens is 1. The first kappa shape index (κ1) is 40.9. The zero-order chi connectivity index (χ0) is 29.8. The van der Waals surface area contributed by atoms with E-state index in [4.69, 9.17) is 0 Å². The summed E-state index contributed by atoms with van der Waals surface area (Å²) < 4.78 is 104. The largest absolute Gasteiger partial charge is 0.511 e. The third-order valence-corrected chi connectivity index (χ3v) is 6.88. The van der Waals surface area contributed by atoms with Gasteiger partial charge in [0.1, 0.15) is 0 Å². The van der Waals surface area contributed by atoms with Crippen LogP contribution in [-0.4, -0.2) is 58.5 Å². The third kappa shape index (κ3) is 23.0. The molecular weight excluding hydrogens is 548 g/mol. The molecule has 228 valence electrons. The van der Waals surface area contributed by atoms with Crippen molar-refractivity contribution in [1.82, 2.24) is 0 Å². The Labute approximate surface area is 220 Å². The van der Waals surface area contributed by atoms with E-state index in [1.807, 2.05) is 0 Å². The topological polar surface area (TPSA) is 120 Å². The molecule has 0 radical (unpaired) electrons. The standard InChI is InChI=1S/C20H44N.2CH2F3NO2S/c1-5-9-13-14-15-16-20-21(17-10-6-2,18-11-7-3)19-12-8-4;2*2-1(3,4)8(5,6)7/h5-20H2,1-4H3;2*(H2,5,6,7)/q+1;;. The molecule has 0 aliphatic rings. The second kappa shape index (κ2) is 20.3. The summed E-state index contributed by atoms with van der Waals surface area (Å²) in [6.07, 6.45) is 17.0. The normalized spacial score (nSPS) is 12.9. The van der Waals surface area contributed by atoms with Gasteiger partial charge in [-0.1, -0.05) is 72.6 Å². The molecule has 0 saturated heterocycles. The molecule has 0 unspecified atom stereocenters. The van der Waals surface area contributed by atoms with Crippen LogP contribution >= 0.6 is 0 Å². The first-order chi connectivity index (χ1) is 16.7. The highest BCUT2D eigenvalue weighted by Crippen LogP contribution is 2.20. The van der Waals surface area contributed by atoms with Crippen molar-refractivity contribution in [2.45, 2.75) is 116 Å². The Kier molecular flexibility index (Phi) is 22.4. The lowest BCUT2D eigenvalue weighted by molar-refractivity contribution is -0.929. The van der Waals surface area contributed by atoms with E-state index in [0.717, 1.165) is 0 Å². The number of nitrogens with two attached hydrogens (primary N) is 2. The van der Waals surface area contributed by atoms with E-state index in [2.05, 4.69) is 38.0 Å². The average Bonchev–Trinajstić information content (AvgIpc) is 2.75. The summed E-state index contributed by atoms with van der Waals surface area (Å²) in [4.78, 5) is 0. The van der Waals surface area contributed by atoms with Crippen molar-refractivity contribution in [3.05, 3.63) is 0 Å². The van der Waals surface area contributed by atoms with E-state index >= 15 is 0 Å². The van der Waals surface area contributed by atoms with Crippen LogP contribution < -0.4 is 10.3 Å². The van der Waals surface area contributed by atoms with Gasteiger partial charge in [0, 0.05) is 0 Å². The van der Waals surface area contributed by atoms with E-state index < -0.39 is 31.1 Å². The third-order valence-electron chi connectivity index (χ3n) is 5.59. The maximum absolute atomic E-state index is 10.8. The number of unbranched alkanes of at least 4 members (excludes halogenated alkanes) is 8. The highest BCUT2D eigenvalue weighted by molar-refractivity contribution is 7.90. The summed E-state index contributed by atoms with van der Waals surface area (Å²) in [5.41, 5.74) is -10.6. The molecular formula is C22H48F6N3O4S2+. The minimum atomic E-state index is -5.34. The molecule has 0 heterocycles. The van der Waals surface area contributed by atoms with E-state index in [1.165, 1.54) is 108 Å². The highest BCUT2D eigenvalue weighted by atomic mass is 32.2. The van der Waals surface area contributed by atoms with Gasteiger partial charge in [0.25, 0.3) is 0 Å². The smallest absolute Gasteiger partial charge is 0.324 e. The van der Waals surface area contributed by atoms with Crippen LogP contribution in [0.25, 0.3) is 0 Å². The van der Waals surface area contributed by atoms with Crippen molar-refractivity contribution in [3.63, 3.8) is 0 Å². The molecule has 0 amide bonds. The number of halogens is 6. The van der Waals surface area contributed by atoms with Crippen LogP contribution in [0.4, 0.5) is 26.3 Å². The Bertz CT molecular complexity index is 696. The minimum absolute atomic E-state index is 1.36. The fraction of sp³-hybridized carbons (Fsp3) is 1.00. The second-order valence-electron chi connectivity index (χ2n) is 9.05. The summed E-state index contributed by atoms with van der Waals surface area (Å²) >= 11 is 0. The summed E-state index contributed by atoms with van der Waals surface area (Å²) in [5.74, 6) is 0. The molecule has 0 spiro atoms. The number of sulfonamides is 2. The SMILES string of the molecule is CCCCCCCC[N+](CCCC)(CCCC)CCCC.NS(=O)(=O)C(F)(F)F.NS(=O)(=O)C(F)(F)F. The van der Waals surface area contributed by atoms with Crippen LogP contribution in [0.3, 0.4) is 0 Å². The van der Waals surface area contributed by atoms with Crippen molar-refractivity contribution < 1.29 is 47.7 Å². The molecule has 0 rings (SSSR count). The van der Waals surface area contributed by atoms with Crippen molar-refractivity contribution in [1.29, 1.82) is 0 Å². The summed E-state index contributed by atoms with van der Waals surface area (Å²) in [5, 5.41) is 7.32. The van der Waals surface area contributed by atoms with Crippen LogP contribution in [-0.2, 0) is 20.0 Å². The quantitative estimate of drug-likeness (QED) is 0.126. The first-order valence-electron chi connectivity index (χ1n) is 12.8. The highest BCUT2D eigenvalue weighted by Gasteiger charge is 2.43. The lowest BCUT2D eigenvalue weighted by Crippen LogP contribution is -2.50. The van der Waals surface area contributed by atoms with Crippen molar-refractivity contribution in [2.24, 2.45) is 10.3 Å². The van der Waals surface area contributed by atoms with Gasteiger partial charge in [0.2, 0.25) is 0 Å². The van der Waals surface area contributed by atoms with Gasteiger partial charge < -0.3 is 4.48 Å². The Morgan fingerprint density at radius 1 is 0.486 bits per heavy atom. The van der Waals surface area contributed by atoms with Crippen LogP contribution in [0.2, 0.25) is 0 Å². The molecule has 4 N–H and O–H groups in total. The zero-order valence-electron chi connectivity index (χ0n) is 22.6. The van der Waals surface area contributed by atoms with Crippen LogP contribution in [0.15, 0.2) is 0 Å². The van der Waals surface area contributed by atoms with Gasteiger partial charge >= 0.3 is 31.1 Å². The molecule has 15 heteroatoms. The van der Waals surface area contributed by atoms with Gasteiger partial charge in [-0.15, -0.1) is 0 Å². The number of alkyl halides is 6. The van der Waals surface area contributed by atoms with E-state index in [1.54, 1.807) is 0 Å². The Hall–Kier alpha value is -0.640. The fourth-order valence-corrected chi connectivity index (χ4v) is 3.38. The van der Waals surface area contributed by atoms with Gasteiger partial charge in [-0.05, 0) is 32.1 Å². The number of nitrogens with zero attached hydrogens (tertiary/aromatic N) is 1. The van der Waals surface area contributed by atoms with Gasteiger partial charge in [-0.3, -0.25) is 0 Å². The number of rotatable bonds is 16. The Morgan fingerprint density at radius 3 is 0.946 bits per heavy atom. The Morgan fingerprint density at radius 2 is 0.703 bits per heavy atom. The van der Waals surface area contributed by atoms with E-state index in [0.29, 0.717) is 0 Å². The predicted molar refractivity (Wildman–Crippen MR) is 136 cm³/mol. The van der Waals surface area contributed by atoms with Gasteiger partial charge in [-0.25, -0.2) is 27.1 Å². The van der Waals surface area contributed by atoms with Gasteiger partial charge in [-0.2, -0.15) is 26.3 Å². The fourth-order valence-electron chi connectivity index (χ4n) is 3.38. The molecule has 0 fully saturated rings. The Balaban J connectivity index is -0.000000589. The zero-order valence-corrected chi connectivity index (χ0v) is 24.3. The van der Waals surface area contributed by atoms with Crippen LogP contribution in [0.1, 0.15) is 105 Å². The molecule has 7 nitrogen and oxygen atoms in total. The molecule has 37 heavy (non-hydrogen) atoms. The molecule has 0 atom stereocenters. The predicted octanol–water partition coefficient (Wildman–Crippen LogP) is 6.15. The molecule has 0 aromatic carbocycles. The summed E-state index contributed by atoms with van der Waals surface area (Å²) in [6.45, 7) is 15.1. The van der Waals surface area contributed by atoms with E-state index in [9.17, 15) is 43.2 Å². The maximum atomic E-state index is 10.8. The average molecular weight is 597 g/mol. The number of primary sulfonamides is 2. The maximum Gasteiger partial charge on any atom is 0.511 e. The lowest BCUT2D eigenvalue weighted by Gasteiger charge is -2.39. The summed E-state index contributed by atoms with van der Waals surface area (Å²) in [7, 11) is -10.7. The van der Waals surface area contributed by atoms with Gasteiger partial charge in [0.15, 0.2) is 0 Å². The number of hydrogen-bond donors (Lipinski definition) is 2. The van der Waals surface area contributed by atoms with E-state index in [-0.39, 0.29) is 0 Å². The monoisotopic (exact) mass is 596 g/mol. The van der Waals surface area contributed by atoms with Gasteiger partial charge in [0.05, 0.1) is 26.2 Å². The summed E-state index contributed by atoms with van der Waals surface area (Å²) in [6, 6.07) is 0. The minimum Gasteiger partial charge on any atom is -0.324 e. The van der Waals surface area contributed by atoms with Crippen LogP contribution in [0, 0.1) is 0 Å². The van der Waals surface area contributed by atoms with Crippen molar-refractivity contribution >= 4 is 20.0 Å². The number of hydrogen-bond acceptors (Lipinski definition) is 4.